The van der Waals surface area contributed by atoms with Crippen molar-refractivity contribution in [2.45, 2.75) is 19.1 Å². The predicted molar refractivity (Wildman–Crippen MR) is 114 cm³/mol. The fraction of sp³-hybridized carbons (Fsp3) is 0.190. The third-order valence-corrected chi connectivity index (χ3v) is 6.83. The van der Waals surface area contributed by atoms with E-state index in [1.807, 2.05) is 48.7 Å². The molecule has 5 nitrogen and oxygen atoms in total. The summed E-state index contributed by atoms with van der Waals surface area (Å²) in [5.74, 6) is -0.143. The molecule has 0 radical (unpaired) electrons. The van der Waals surface area contributed by atoms with E-state index >= 15 is 0 Å². The van der Waals surface area contributed by atoms with Gasteiger partial charge < -0.3 is 4.90 Å². The monoisotopic (exact) mass is 412 g/mol. The van der Waals surface area contributed by atoms with Gasteiger partial charge in [-0.1, -0.05) is 42.0 Å². The Morgan fingerprint density at radius 2 is 1.93 bits per heavy atom. The number of sulfonamides is 1. The molecule has 3 aromatic rings. The highest BCUT2D eigenvalue weighted by molar-refractivity contribution is 7.91. The van der Waals surface area contributed by atoms with Crippen LogP contribution < -0.4 is 9.62 Å². The van der Waals surface area contributed by atoms with E-state index in [1.165, 1.54) is 11.3 Å². The predicted octanol–water partition coefficient (Wildman–Crippen LogP) is 4.20. The maximum absolute atomic E-state index is 12.7. The number of thiophene rings is 1. The van der Waals surface area contributed by atoms with Gasteiger partial charge in [0.25, 0.3) is 5.91 Å². The molecule has 1 amide bonds. The van der Waals surface area contributed by atoms with Crippen LogP contribution in [0.3, 0.4) is 0 Å². The van der Waals surface area contributed by atoms with Crippen molar-refractivity contribution in [2.75, 3.05) is 16.2 Å². The topological polar surface area (TPSA) is 66.5 Å². The molecule has 0 saturated carbocycles. The molecule has 0 fully saturated rings. The number of rotatable bonds is 5. The zero-order valence-electron chi connectivity index (χ0n) is 15.4. The van der Waals surface area contributed by atoms with Crippen LogP contribution in [-0.2, 0) is 22.2 Å². The first kappa shape index (κ1) is 18.7. The smallest absolute Gasteiger partial charge is 0.268 e. The number of anilines is 2. The van der Waals surface area contributed by atoms with Crippen molar-refractivity contribution < 1.29 is 13.2 Å². The van der Waals surface area contributed by atoms with Gasteiger partial charge in [-0.2, -0.15) is 0 Å². The van der Waals surface area contributed by atoms with Gasteiger partial charge in [-0.05, 0) is 48.1 Å². The average Bonchev–Trinajstić information content (AvgIpc) is 3.32. The van der Waals surface area contributed by atoms with Gasteiger partial charge in [0.1, 0.15) is 0 Å². The summed E-state index contributed by atoms with van der Waals surface area (Å²) in [4.78, 5) is 15.1. The molecule has 1 N–H and O–H groups in total. The van der Waals surface area contributed by atoms with Crippen molar-refractivity contribution >= 4 is 38.6 Å². The first-order valence-corrected chi connectivity index (χ1v) is 11.5. The Hall–Kier alpha value is -2.64. The average molecular weight is 413 g/mol. The third kappa shape index (κ3) is 3.95. The van der Waals surface area contributed by atoms with Gasteiger partial charge in [0.15, 0.2) is 0 Å². The molecule has 4 rings (SSSR count). The van der Waals surface area contributed by atoms with Crippen LogP contribution in [0.2, 0.25) is 0 Å². The molecule has 0 aliphatic carbocycles. The van der Waals surface area contributed by atoms with Gasteiger partial charge in [0.2, 0.25) is 10.0 Å². The number of carbonyl (C=O) groups is 1. The minimum absolute atomic E-state index is 0.0478. The SMILES string of the molecule is Cc1ccc(CS(=O)(=O)Nc2ccc3c(c2)N(C(=O)c2cccs2)CC3)cc1. The summed E-state index contributed by atoms with van der Waals surface area (Å²) < 4.78 is 27.8. The van der Waals surface area contributed by atoms with Gasteiger partial charge >= 0.3 is 0 Å². The number of nitrogens with one attached hydrogen (secondary N) is 1. The zero-order valence-corrected chi connectivity index (χ0v) is 17.0. The van der Waals surface area contributed by atoms with E-state index in [9.17, 15) is 13.2 Å². The van der Waals surface area contributed by atoms with Crippen LogP contribution in [0.15, 0.2) is 60.0 Å². The Kier molecular flexibility index (Phi) is 4.95. The largest absolute Gasteiger partial charge is 0.307 e. The molecule has 0 atom stereocenters. The number of hydrogen-bond acceptors (Lipinski definition) is 4. The molecular formula is C21H20N2O3S2. The zero-order chi connectivity index (χ0) is 19.7. The van der Waals surface area contributed by atoms with Crippen LogP contribution in [-0.4, -0.2) is 20.9 Å². The van der Waals surface area contributed by atoms with Crippen molar-refractivity contribution in [3.63, 3.8) is 0 Å². The fourth-order valence-electron chi connectivity index (χ4n) is 3.31. The van der Waals surface area contributed by atoms with Crippen LogP contribution in [0.1, 0.15) is 26.4 Å². The number of carbonyl (C=O) groups excluding carboxylic acids is 1. The van der Waals surface area contributed by atoms with E-state index in [-0.39, 0.29) is 11.7 Å². The van der Waals surface area contributed by atoms with Crippen LogP contribution in [0.5, 0.6) is 0 Å². The van der Waals surface area contributed by atoms with E-state index < -0.39 is 10.0 Å². The van der Waals surface area contributed by atoms with E-state index in [0.29, 0.717) is 17.1 Å². The molecule has 2 heterocycles. The molecule has 1 aromatic heterocycles. The third-order valence-electron chi connectivity index (χ3n) is 4.71. The van der Waals surface area contributed by atoms with Crippen molar-refractivity contribution in [1.29, 1.82) is 0 Å². The molecule has 0 spiro atoms. The van der Waals surface area contributed by atoms with Crippen LogP contribution in [0, 0.1) is 6.92 Å². The minimum Gasteiger partial charge on any atom is -0.307 e. The Labute approximate surface area is 168 Å². The molecule has 0 bridgehead atoms. The Morgan fingerprint density at radius 3 is 2.64 bits per heavy atom. The Bertz CT molecular complexity index is 1110. The highest BCUT2D eigenvalue weighted by atomic mass is 32.2. The van der Waals surface area contributed by atoms with Crippen LogP contribution >= 0.6 is 11.3 Å². The van der Waals surface area contributed by atoms with Crippen LogP contribution in [0.4, 0.5) is 11.4 Å². The number of nitrogens with zero attached hydrogens (tertiary/aromatic N) is 1. The van der Waals surface area contributed by atoms with E-state index in [0.717, 1.165) is 28.8 Å². The number of hydrogen-bond donors (Lipinski definition) is 1. The van der Waals surface area contributed by atoms with Gasteiger partial charge in [-0.15, -0.1) is 11.3 Å². The number of aryl methyl sites for hydroxylation is 1. The lowest BCUT2D eigenvalue weighted by Gasteiger charge is -2.17. The lowest BCUT2D eigenvalue weighted by atomic mass is 10.1. The van der Waals surface area contributed by atoms with Gasteiger partial charge in [0.05, 0.1) is 16.3 Å². The second-order valence-electron chi connectivity index (χ2n) is 6.87. The van der Waals surface area contributed by atoms with Crippen molar-refractivity contribution in [3.05, 3.63) is 81.5 Å². The number of benzene rings is 2. The number of fused-ring (bicyclic) bond motifs is 1. The van der Waals surface area contributed by atoms with Gasteiger partial charge in [-0.3, -0.25) is 9.52 Å². The molecule has 7 heteroatoms. The lowest BCUT2D eigenvalue weighted by molar-refractivity contribution is 0.0993. The summed E-state index contributed by atoms with van der Waals surface area (Å²) in [5.41, 5.74) is 4.11. The van der Waals surface area contributed by atoms with E-state index in [1.54, 1.807) is 23.1 Å². The molecule has 144 valence electrons. The summed E-state index contributed by atoms with van der Waals surface area (Å²) in [7, 11) is -3.55. The molecule has 0 saturated heterocycles. The first-order chi connectivity index (χ1) is 13.4. The first-order valence-electron chi connectivity index (χ1n) is 8.96. The molecule has 0 unspecified atom stereocenters. The maximum Gasteiger partial charge on any atom is 0.268 e. The van der Waals surface area contributed by atoms with Gasteiger partial charge in [-0.25, -0.2) is 8.42 Å². The van der Waals surface area contributed by atoms with E-state index in [2.05, 4.69) is 4.72 Å². The normalized spacial score (nSPS) is 13.4. The fourth-order valence-corrected chi connectivity index (χ4v) is 5.17. The Morgan fingerprint density at radius 1 is 1.14 bits per heavy atom. The van der Waals surface area contributed by atoms with Crippen molar-refractivity contribution in [1.82, 2.24) is 0 Å². The highest BCUT2D eigenvalue weighted by Gasteiger charge is 2.26. The van der Waals surface area contributed by atoms with Gasteiger partial charge in [0, 0.05) is 12.2 Å². The molecule has 1 aliphatic heterocycles. The standard InChI is InChI=1S/C21H20N2O3S2/c1-15-4-6-16(7-5-15)14-28(25,26)22-18-9-8-17-10-11-23(19(17)13-18)21(24)20-3-2-12-27-20/h2-9,12-13,22H,10-11,14H2,1H3. The Balaban J connectivity index is 1.54. The van der Waals surface area contributed by atoms with Crippen molar-refractivity contribution in [3.8, 4) is 0 Å². The molecule has 2 aromatic carbocycles. The molecular weight excluding hydrogens is 392 g/mol. The maximum atomic E-state index is 12.7. The summed E-state index contributed by atoms with van der Waals surface area (Å²) in [6.45, 7) is 2.57. The summed E-state index contributed by atoms with van der Waals surface area (Å²) in [6.07, 6.45) is 0.767. The lowest BCUT2D eigenvalue weighted by Crippen LogP contribution is -2.28. The van der Waals surface area contributed by atoms with Crippen LogP contribution in [0.25, 0.3) is 0 Å². The summed E-state index contributed by atoms with van der Waals surface area (Å²) >= 11 is 1.41. The second kappa shape index (κ2) is 7.41. The summed E-state index contributed by atoms with van der Waals surface area (Å²) in [5, 5.41) is 1.87. The quantitative estimate of drug-likeness (QED) is 0.683. The number of amides is 1. The second-order valence-corrected chi connectivity index (χ2v) is 9.54. The minimum atomic E-state index is -3.55. The van der Waals surface area contributed by atoms with Crippen molar-refractivity contribution in [2.24, 2.45) is 0 Å². The molecule has 1 aliphatic rings. The highest BCUT2D eigenvalue weighted by Crippen LogP contribution is 2.33. The summed E-state index contributed by atoms with van der Waals surface area (Å²) in [6, 6.07) is 16.5. The van der Waals surface area contributed by atoms with E-state index in [4.69, 9.17) is 0 Å². The molecule has 28 heavy (non-hydrogen) atoms.